The summed E-state index contributed by atoms with van der Waals surface area (Å²) in [5.41, 5.74) is 0.738. The van der Waals surface area contributed by atoms with Crippen molar-refractivity contribution in [1.82, 2.24) is 4.90 Å². The fourth-order valence-electron chi connectivity index (χ4n) is 2.79. The summed E-state index contributed by atoms with van der Waals surface area (Å²) in [6.07, 6.45) is 1.96. The maximum Gasteiger partial charge on any atom is 0.247 e. The van der Waals surface area contributed by atoms with Crippen LogP contribution in [0.25, 0.3) is 0 Å². The number of nitrogens with zero attached hydrogens (tertiary/aromatic N) is 1. The van der Waals surface area contributed by atoms with Crippen molar-refractivity contribution in [2.75, 3.05) is 11.9 Å². The second-order valence-electron chi connectivity index (χ2n) is 5.50. The van der Waals surface area contributed by atoms with E-state index in [4.69, 9.17) is 0 Å². The van der Waals surface area contributed by atoms with E-state index in [0.717, 1.165) is 27.9 Å². The molecule has 0 aliphatic carbocycles. The Kier molecular flexibility index (Phi) is 5.13. The van der Waals surface area contributed by atoms with Crippen LogP contribution in [0.1, 0.15) is 17.7 Å². The molecule has 0 spiro atoms. The van der Waals surface area contributed by atoms with Gasteiger partial charge in [0.1, 0.15) is 6.04 Å². The molecule has 1 fully saturated rings. The third-order valence-corrected chi connectivity index (χ3v) is 5.24. The van der Waals surface area contributed by atoms with Gasteiger partial charge in [0.25, 0.3) is 0 Å². The summed E-state index contributed by atoms with van der Waals surface area (Å²) in [5, 5.41) is 4.87. The minimum atomic E-state index is -0.374. The number of anilines is 1. The smallest absolute Gasteiger partial charge is 0.247 e. The zero-order valence-corrected chi connectivity index (χ0v) is 14.9. The molecule has 1 aliphatic heterocycles. The predicted octanol–water partition coefficient (Wildman–Crippen LogP) is 3.68. The van der Waals surface area contributed by atoms with E-state index in [0.29, 0.717) is 13.0 Å². The molecular formula is C17H17BrN2O2S. The third kappa shape index (κ3) is 4.00. The Morgan fingerprint density at radius 2 is 2.17 bits per heavy atom. The van der Waals surface area contributed by atoms with Gasteiger partial charge in [0.15, 0.2) is 0 Å². The number of hydrogen-bond acceptors (Lipinski definition) is 3. The first kappa shape index (κ1) is 16.2. The lowest BCUT2D eigenvalue weighted by molar-refractivity contribution is -0.136. The summed E-state index contributed by atoms with van der Waals surface area (Å²) in [6.45, 7) is 0.654. The number of amides is 2. The first-order valence-corrected chi connectivity index (χ1v) is 9.19. The second kappa shape index (κ2) is 7.27. The van der Waals surface area contributed by atoms with Gasteiger partial charge >= 0.3 is 0 Å². The van der Waals surface area contributed by atoms with Crippen molar-refractivity contribution < 1.29 is 9.59 Å². The van der Waals surface area contributed by atoms with Crippen LogP contribution in [-0.4, -0.2) is 29.3 Å². The molecule has 1 atom stereocenters. The first-order valence-electron chi connectivity index (χ1n) is 7.52. The largest absolute Gasteiger partial charge is 0.330 e. The topological polar surface area (TPSA) is 49.4 Å². The lowest BCUT2D eigenvalue weighted by atomic mass is 10.2. The average Bonchev–Trinajstić information content (AvgIpc) is 3.18. The maximum absolute atomic E-state index is 12.5. The van der Waals surface area contributed by atoms with Crippen molar-refractivity contribution in [2.45, 2.75) is 25.3 Å². The molecule has 6 heteroatoms. The third-order valence-electron chi connectivity index (χ3n) is 3.87. The summed E-state index contributed by atoms with van der Waals surface area (Å²) in [7, 11) is 0. The Labute approximate surface area is 147 Å². The van der Waals surface area contributed by atoms with Gasteiger partial charge in [-0.2, -0.15) is 0 Å². The van der Waals surface area contributed by atoms with Gasteiger partial charge in [0.05, 0.1) is 6.42 Å². The number of rotatable bonds is 4. The van der Waals surface area contributed by atoms with Gasteiger partial charge in [-0.25, -0.2) is 0 Å². The van der Waals surface area contributed by atoms with Crippen molar-refractivity contribution in [1.29, 1.82) is 0 Å². The van der Waals surface area contributed by atoms with Crippen LogP contribution in [0.2, 0.25) is 0 Å². The molecule has 2 heterocycles. The van der Waals surface area contributed by atoms with Gasteiger partial charge in [-0.15, -0.1) is 11.3 Å². The lowest BCUT2D eigenvalue weighted by Gasteiger charge is -2.24. The number of carbonyl (C=O) groups is 2. The highest BCUT2D eigenvalue weighted by atomic mass is 79.9. The van der Waals surface area contributed by atoms with E-state index in [1.165, 1.54) is 0 Å². The Balaban J connectivity index is 1.66. The highest BCUT2D eigenvalue weighted by Gasteiger charge is 2.34. The minimum absolute atomic E-state index is 0.0272. The van der Waals surface area contributed by atoms with Crippen LogP contribution >= 0.6 is 27.3 Å². The van der Waals surface area contributed by atoms with E-state index in [2.05, 4.69) is 21.2 Å². The van der Waals surface area contributed by atoms with Crippen LogP contribution < -0.4 is 5.32 Å². The number of benzene rings is 1. The molecule has 1 saturated heterocycles. The summed E-state index contributed by atoms with van der Waals surface area (Å²) in [5.74, 6) is -0.0838. The number of hydrogen-bond donors (Lipinski definition) is 1. The molecule has 23 heavy (non-hydrogen) atoms. The van der Waals surface area contributed by atoms with Gasteiger partial charge in [0, 0.05) is 21.6 Å². The van der Waals surface area contributed by atoms with Gasteiger partial charge < -0.3 is 10.2 Å². The number of nitrogens with one attached hydrogen (secondary N) is 1. The van der Waals surface area contributed by atoms with Crippen molar-refractivity contribution in [3.05, 3.63) is 51.1 Å². The van der Waals surface area contributed by atoms with Crippen molar-refractivity contribution in [3.8, 4) is 0 Å². The molecule has 1 N–H and O–H groups in total. The lowest BCUT2D eigenvalue weighted by Crippen LogP contribution is -2.43. The Morgan fingerprint density at radius 1 is 1.30 bits per heavy atom. The van der Waals surface area contributed by atoms with Crippen LogP contribution in [0.5, 0.6) is 0 Å². The fourth-order valence-corrected chi connectivity index (χ4v) is 3.89. The van der Waals surface area contributed by atoms with Gasteiger partial charge in [-0.3, -0.25) is 9.59 Å². The maximum atomic E-state index is 12.5. The average molecular weight is 393 g/mol. The first-order chi connectivity index (χ1) is 11.1. The van der Waals surface area contributed by atoms with E-state index in [-0.39, 0.29) is 17.9 Å². The highest BCUT2D eigenvalue weighted by molar-refractivity contribution is 9.10. The number of carbonyl (C=O) groups excluding carboxylic acids is 2. The van der Waals surface area contributed by atoms with E-state index in [1.807, 2.05) is 41.8 Å². The second-order valence-corrected chi connectivity index (χ2v) is 7.45. The van der Waals surface area contributed by atoms with E-state index < -0.39 is 0 Å². The Hall–Kier alpha value is -1.66. The Morgan fingerprint density at radius 3 is 2.91 bits per heavy atom. The molecule has 3 rings (SSSR count). The predicted molar refractivity (Wildman–Crippen MR) is 95.5 cm³/mol. The molecule has 120 valence electrons. The van der Waals surface area contributed by atoms with Crippen LogP contribution in [0.3, 0.4) is 0 Å². The molecule has 1 aromatic heterocycles. The van der Waals surface area contributed by atoms with Crippen LogP contribution in [0, 0.1) is 0 Å². The molecule has 1 aromatic carbocycles. The highest BCUT2D eigenvalue weighted by Crippen LogP contribution is 2.22. The zero-order valence-electron chi connectivity index (χ0n) is 12.5. The number of halogens is 1. The van der Waals surface area contributed by atoms with Crippen molar-refractivity contribution in [2.24, 2.45) is 0 Å². The molecule has 1 unspecified atom stereocenters. The van der Waals surface area contributed by atoms with Crippen molar-refractivity contribution in [3.63, 3.8) is 0 Å². The minimum Gasteiger partial charge on any atom is -0.330 e. The number of thiophene rings is 1. The zero-order chi connectivity index (χ0) is 16.2. The summed E-state index contributed by atoms with van der Waals surface area (Å²) >= 11 is 4.96. The standard InChI is InChI=1S/C17H17BrN2O2S/c18-12-4-1-5-13(10-12)19-17(22)15-7-2-8-20(15)16(21)11-14-6-3-9-23-14/h1,3-6,9-10,15H,2,7-8,11H2,(H,19,22). The molecule has 1 aliphatic rings. The summed E-state index contributed by atoms with van der Waals surface area (Å²) in [6, 6.07) is 11.0. The quantitative estimate of drug-likeness (QED) is 0.862. The van der Waals surface area contributed by atoms with E-state index >= 15 is 0 Å². The summed E-state index contributed by atoms with van der Waals surface area (Å²) < 4.78 is 0.910. The van der Waals surface area contributed by atoms with Gasteiger partial charge in [-0.05, 0) is 42.5 Å². The van der Waals surface area contributed by atoms with Crippen LogP contribution in [-0.2, 0) is 16.0 Å². The molecule has 0 saturated carbocycles. The van der Waals surface area contributed by atoms with E-state index in [9.17, 15) is 9.59 Å². The normalized spacial score (nSPS) is 17.3. The summed E-state index contributed by atoms with van der Waals surface area (Å²) in [4.78, 5) is 27.8. The monoisotopic (exact) mass is 392 g/mol. The van der Waals surface area contributed by atoms with Crippen molar-refractivity contribution >= 4 is 44.8 Å². The SMILES string of the molecule is O=C(Nc1cccc(Br)c1)C1CCCN1C(=O)Cc1cccs1. The molecule has 4 nitrogen and oxygen atoms in total. The molecule has 2 amide bonds. The molecule has 0 radical (unpaired) electrons. The molecule has 2 aromatic rings. The number of likely N-dealkylation sites (tertiary alicyclic amines) is 1. The van der Waals surface area contributed by atoms with Gasteiger partial charge in [-0.1, -0.05) is 28.1 Å². The van der Waals surface area contributed by atoms with Crippen LogP contribution in [0.15, 0.2) is 46.3 Å². The van der Waals surface area contributed by atoms with Crippen LogP contribution in [0.4, 0.5) is 5.69 Å². The molecular weight excluding hydrogens is 376 g/mol. The van der Waals surface area contributed by atoms with Gasteiger partial charge in [0.2, 0.25) is 11.8 Å². The molecule has 0 bridgehead atoms. The fraction of sp³-hybridized carbons (Fsp3) is 0.294. The van der Waals surface area contributed by atoms with E-state index in [1.54, 1.807) is 16.2 Å². The Bertz CT molecular complexity index is 702.